The van der Waals surface area contributed by atoms with Crippen LogP contribution in [0.15, 0.2) is 4.79 Å². The second kappa shape index (κ2) is 5.75. The van der Waals surface area contributed by atoms with Gasteiger partial charge in [0.05, 0.1) is 11.8 Å². The van der Waals surface area contributed by atoms with Crippen LogP contribution in [0.1, 0.15) is 47.3 Å². The maximum atomic E-state index is 12.3. The minimum absolute atomic E-state index is 0.0310. The summed E-state index contributed by atoms with van der Waals surface area (Å²) >= 11 is 0. The lowest BCUT2D eigenvalue weighted by atomic mass is 9.93. The number of aliphatic hydroxyl groups is 1. The van der Waals surface area contributed by atoms with Gasteiger partial charge in [-0.15, -0.1) is 0 Å². The van der Waals surface area contributed by atoms with Gasteiger partial charge in [-0.3, -0.25) is 9.59 Å². The Morgan fingerprint density at radius 2 is 1.90 bits per heavy atom. The fraction of sp³-hybridized carbons (Fsp3) is 0.643. The standard InChI is InChI=1S/C14H21N3O3/c1-8-9(2)16-17(3)14(20)12(8)13(19)15-10-4-6-11(18)7-5-10/h10-11,18H,4-7H2,1-3H3,(H,15,19). The number of carbonyl (C=O) groups excluding carboxylic acids is 1. The van der Waals surface area contributed by atoms with Gasteiger partial charge >= 0.3 is 0 Å². The quantitative estimate of drug-likeness (QED) is 0.822. The molecule has 0 aliphatic heterocycles. The zero-order valence-corrected chi connectivity index (χ0v) is 12.1. The highest BCUT2D eigenvalue weighted by Crippen LogP contribution is 2.18. The molecule has 1 fully saturated rings. The maximum absolute atomic E-state index is 12.3. The molecule has 0 bridgehead atoms. The van der Waals surface area contributed by atoms with E-state index in [9.17, 15) is 14.7 Å². The topological polar surface area (TPSA) is 84.2 Å². The molecular weight excluding hydrogens is 258 g/mol. The number of aryl methyl sites for hydroxylation is 2. The Morgan fingerprint density at radius 3 is 2.50 bits per heavy atom. The van der Waals surface area contributed by atoms with Crippen molar-refractivity contribution < 1.29 is 9.90 Å². The van der Waals surface area contributed by atoms with Crippen molar-refractivity contribution >= 4 is 5.91 Å². The summed E-state index contributed by atoms with van der Waals surface area (Å²) < 4.78 is 1.20. The number of carbonyl (C=O) groups is 1. The minimum atomic E-state index is -0.374. The van der Waals surface area contributed by atoms with E-state index < -0.39 is 0 Å². The van der Waals surface area contributed by atoms with Crippen molar-refractivity contribution in [3.63, 3.8) is 0 Å². The lowest BCUT2D eigenvalue weighted by Crippen LogP contribution is -2.42. The average Bonchev–Trinajstić information content (AvgIpc) is 2.39. The van der Waals surface area contributed by atoms with Gasteiger partial charge in [-0.25, -0.2) is 4.68 Å². The Kier molecular flexibility index (Phi) is 4.23. The first-order chi connectivity index (χ1) is 9.40. The van der Waals surface area contributed by atoms with E-state index >= 15 is 0 Å². The van der Waals surface area contributed by atoms with Gasteiger partial charge in [-0.1, -0.05) is 0 Å². The van der Waals surface area contributed by atoms with Crippen LogP contribution in [0.3, 0.4) is 0 Å². The van der Waals surface area contributed by atoms with Gasteiger partial charge in [-0.05, 0) is 45.1 Å². The number of hydrogen-bond acceptors (Lipinski definition) is 4. The molecule has 0 spiro atoms. The summed E-state index contributed by atoms with van der Waals surface area (Å²) in [5, 5.41) is 16.4. The highest BCUT2D eigenvalue weighted by Gasteiger charge is 2.24. The molecule has 20 heavy (non-hydrogen) atoms. The van der Waals surface area contributed by atoms with Crippen LogP contribution in [0.5, 0.6) is 0 Å². The molecule has 0 atom stereocenters. The van der Waals surface area contributed by atoms with E-state index in [1.807, 2.05) is 0 Å². The number of nitrogens with one attached hydrogen (secondary N) is 1. The van der Waals surface area contributed by atoms with Crippen LogP contribution in [-0.2, 0) is 7.05 Å². The summed E-state index contributed by atoms with van der Waals surface area (Å²) in [6, 6.07) is 0.0310. The number of aromatic nitrogens is 2. The van der Waals surface area contributed by atoms with Crippen molar-refractivity contribution in [1.29, 1.82) is 0 Å². The summed E-state index contributed by atoms with van der Waals surface area (Å²) in [6.07, 6.45) is 2.61. The van der Waals surface area contributed by atoms with Crippen LogP contribution in [-0.4, -0.2) is 32.9 Å². The van der Waals surface area contributed by atoms with Crippen molar-refractivity contribution in [3.8, 4) is 0 Å². The molecule has 2 rings (SSSR count). The summed E-state index contributed by atoms with van der Waals surface area (Å²) in [6.45, 7) is 3.52. The van der Waals surface area contributed by atoms with Gasteiger partial charge in [0.25, 0.3) is 11.5 Å². The Morgan fingerprint density at radius 1 is 1.30 bits per heavy atom. The van der Waals surface area contributed by atoms with E-state index in [1.54, 1.807) is 20.9 Å². The van der Waals surface area contributed by atoms with E-state index in [1.165, 1.54) is 4.68 Å². The number of nitrogens with zero attached hydrogens (tertiary/aromatic N) is 2. The van der Waals surface area contributed by atoms with Crippen molar-refractivity contribution in [3.05, 3.63) is 27.2 Å². The molecule has 1 saturated carbocycles. The minimum Gasteiger partial charge on any atom is -0.393 e. The van der Waals surface area contributed by atoms with Crippen LogP contribution in [0, 0.1) is 13.8 Å². The van der Waals surface area contributed by atoms with E-state index in [0.717, 1.165) is 12.8 Å². The van der Waals surface area contributed by atoms with Gasteiger partial charge in [0.1, 0.15) is 5.56 Å². The zero-order valence-electron chi connectivity index (χ0n) is 12.1. The van der Waals surface area contributed by atoms with E-state index in [4.69, 9.17) is 0 Å². The predicted molar refractivity (Wildman–Crippen MR) is 74.7 cm³/mol. The van der Waals surface area contributed by atoms with Crippen LogP contribution < -0.4 is 10.9 Å². The largest absolute Gasteiger partial charge is 0.393 e. The summed E-state index contributed by atoms with van der Waals surface area (Å²) in [5.41, 5.74) is 1.10. The SMILES string of the molecule is Cc1nn(C)c(=O)c(C(=O)NC2CCC(O)CC2)c1C. The monoisotopic (exact) mass is 279 g/mol. The Balaban J connectivity index is 2.20. The van der Waals surface area contributed by atoms with Crippen molar-refractivity contribution in [2.45, 2.75) is 51.7 Å². The van der Waals surface area contributed by atoms with Gasteiger partial charge in [0, 0.05) is 13.1 Å². The smallest absolute Gasteiger partial charge is 0.279 e. The third-order valence-electron chi connectivity index (χ3n) is 3.98. The number of hydrogen-bond donors (Lipinski definition) is 2. The molecule has 6 nitrogen and oxygen atoms in total. The molecule has 0 unspecified atom stereocenters. The molecule has 1 aliphatic carbocycles. The Hall–Kier alpha value is -1.69. The van der Waals surface area contributed by atoms with Gasteiger partial charge in [0.2, 0.25) is 0 Å². The second-order valence-corrected chi connectivity index (χ2v) is 5.49. The highest BCUT2D eigenvalue weighted by molar-refractivity contribution is 5.95. The number of amides is 1. The highest BCUT2D eigenvalue weighted by atomic mass is 16.3. The molecule has 0 radical (unpaired) electrons. The van der Waals surface area contributed by atoms with Crippen molar-refractivity contribution in [2.75, 3.05) is 0 Å². The first-order valence-corrected chi connectivity index (χ1v) is 6.93. The first kappa shape index (κ1) is 14.7. The molecule has 2 N–H and O–H groups in total. The van der Waals surface area contributed by atoms with Crippen LogP contribution in [0.2, 0.25) is 0 Å². The fourth-order valence-corrected chi connectivity index (χ4v) is 2.59. The number of rotatable bonds is 2. The molecule has 1 aliphatic rings. The van der Waals surface area contributed by atoms with Crippen LogP contribution in [0.25, 0.3) is 0 Å². The van der Waals surface area contributed by atoms with E-state index in [-0.39, 0.29) is 29.2 Å². The summed E-state index contributed by atoms with van der Waals surface area (Å²) in [4.78, 5) is 24.4. The normalized spacial score (nSPS) is 22.6. The van der Waals surface area contributed by atoms with Gasteiger partial charge < -0.3 is 10.4 Å². The lowest BCUT2D eigenvalue weighted by Gasteiger charge is -2.26. The summed E-state index contributed by atoms with van der Waals surface area (Å²) in [5.74, 6) is -0.338. The molecule has 0 saturated heterocycles. The molecule has 1 aromatic heterocycles. The average molecular weight is 279 g/mol. The predicted octanol–water partition coefficient (Wildman–Crippen LogP) is 0.430. The van der Waals surface area contributed by atoms with Crippen molar-refractivity contribution in [1.82, 2.24) is 15.1 Å². The first-order valence-electron chi connectivity index (χ1n) is 6.93. The molecule has 1 aromatic rings. The molecule has 0 aromatic carbocycles. The zero-order chi connectivity index (χ0) is 14.9. The summed E-state index contributed by atoms with van der Waals surface area (Å²) in [7, 11) is 1.54. The van der Waals surface area contributed by atoms with Crippen LogP contribution >= 0.6 is 0 Å². The third kappa shape index (κ3) is 2.90. The maximum Gasteiger partial charge on any atom is 0.279 e. The third-order valence-corrected chi connectivity index (χ3v) is 3.98. The van der Waals surface area contributed by atoms with Crippen LogP contribution in [0.4, 0.5) is 0 Å². The molecule has 1 heterocycles. The fourth-order valence-electron chi connectivity index (χ4n) is 2.59. The van der Waals surface area contributed by atoms with E-state index in [0.29, 0.717) is 24.1 Å². The molecule has 6 heteroatoms. The number of aliphatic hydroxyl groups excluding tert-OH is 1. The van der Waals surface area contributed by atoms with Gasteiger partial charge in [-0.2, -0.15) is 5.10 Å². The molecule has 1 amide bonds. The van der Waals surface area contributed by atoms with Crippen molar-refractivity contribution in [2.24, 2.45) is 7.05 Å². The second-order valence-electron chi connectivity index (χ2n) is 5.49. The molecule has 110 valence electrons. The van der Waals surface area contributed by atoms with Gasteiger partial charge in [0.15, 0.2) is 0 Å². The van der Waals surface area contributed by atoms with E-state index in [2.05, 4.69) is 10.4 Å². The Labute approximate surface area is 117 Å². The molecular formula is C14H21N3O3. The lowest BCUT2D eigenvalue weighted by molar-refractivity contribution is 0.0864. The Bertz CT molecular complexity index is 572.